The highest BCUT2D eigenvalue weighted by Gasteiger charge is 2.33. The summed E-state index contributed by atoms with van der Waals surface area (Å²) in [4.78, 5) is 0. The molecule has 1 aliphatic rings. The number of hydrogen-bond acceptors (Lipinski definition) is 2. The molecule has 0 unspecified atom stereocenters. The zero-order valence-corrected chi connectivity index (χ0v) is 11.8. The predicted molar refractivity (Wildman–Crippen MR) is 75.9 cm³/mol. The third kappa shape index (κ3) is 3.26. The van der Waals surface area contributed by atoms with Gasteiger partial charge in [-0.25, -0.2) is 0 Å². The Morgan fingerprint density at radius 2 is 1.89 bits per heavy atom. The van der Waals surface area contributed by atoms with Gasteiger partial charge in [-0.15, -0.1) is 0 Å². The largest absolute Gasteiger partial charge is 0.491 e. The molecule has 0 spiro atoms. The Morgan fingerprint density at radius 1 is 1.22 bits per heavy atom. The normalized spacial score (nSPS) is 17.6. The maximum atomic E-state index is 5.65. The zero-order valence-electron chi connectivity index (χ0n) is 11.8. The van der Waals surface area contributed by atoms with E-state index in [1.54, 1.807) is 0 Å². The molecular formula is C16H25NO. The van der Waals surface area contributed by atoms with Gasteiger partial charge in [-0.1, -0.05) is 19.1 Å². The number of benzene rings is 1. The topological polar surface area (TPSA) is 21.3 Å². The van der Waals surface area contributed by atoms with Gasteiger partial charge in [-0.2, -0.15) is 0 Å². The van der Waals surface area contributed by atoms with E-state index >= 15 is 0 Å². The average molecular weight is 247 g/mol. The third-order valence-electron chi connectivity index (χ3n) is 3.95. The summed E-state index contributed by atoms with van der Waals surface area (Å²) >= 11 is 0. The Kier molecular flexibility index (Phi) is 4.28. The lowest BCUT2D eigenvalue weighted by molar-refractivity contribution is 0.175. The van der Waals surface area contributed by atoms with Gasteiger partial charge in [0.05, 0.1) is 6.10 Å². The standard InChI is InChI=1S/C16H25NO/c1-4-16(10-5-11-16)17-12-14-6-8-15(9-7-14)18-13(2)3/h6-9,13,17H,4-5,10-12H2,1-3H3. The molecule has 0 bridgehead atoms. The van der Waals surface area contributed by atoms with Crippen molar-refractivity contribution in [2.75, 3.05) is 0 Å². The number of nitrogens with one attached hydrogen (secondary N) is 1. The van der Waals surface area contributed by atoms with Gasteiger partial charge in [0.15, 0.2) is 0 Å². The van der Waals surface area contributed by atoms with Crippen LogP contribution in [0, 0.1) is 0 Å². The minimum Gasteiger partial charge on any atom is -0.491 e. The van der Waals surface area contributed by atoms with Crippen LogP contribution >= 0.6 is 0 Å². The summed E-state index contributed by atoms with van der Waals surface area (Å²) in [6.45, 7) is 7.36. The van der Waals surface area contributed by atoms with Gasteiger partial charge in [0.1, 0.15) is 5.75 Å². The van der Waals surface area contributed by atoms with Crippen LogP contribution in [0.1, 0.15) is 52.0 Å². The van der Waals surface area contributed by atoms with Gasteiger partial charge in [0, 0.05) is 12.1 Å². The molecule has 18 heavy (non-hydrogen) atoms. The van der Waals surface area contributed by atoms with Crippen LogP contribution < -0.4 is 10.1 Å². The second kappa shape index (κ2) is 5.75. The summed E-state index contributed by atoms with van der Waals surface area (Å²) in [5.74, 6) is 0.961. The first-order valence-corrected chi connectivity index (χ1v) is 7.14. The predicted octanol–water partition coefficient (Wildman–Crippen LogP) is 3.90. The van der Waals surface area contributed by atoms with E-state index in [-0.39, 0.29) is 6.10 Å². The minimum atomic E-state index is 0.243. The quantitative estimate of drug-likeness (QED) is 0.823. The van der Waals surface area contributed by atoms with Gasteiger partial charge >= 0.3 is 0 Å². The highest BCUT2D eigenvalue weighted by molar-refractivity contribution is 5.27. The molecule has 0 amide bonds. The van der Waals surface area contributed by atoms with E-state index in [0.717, 1.165) is 12.3 Å². The fraction of sp³-hybridized carbons (Fsp3) is 0.625. The summed E-state index contributed by atoms with van der Waals surface area (Å²) in [5.41, 5.74) is 1.76. The Hall–Kier alpha value is -1.02. The molecule has 100 valence electrons. The maximum absolute atomic E-state index is 5.65. The molecule has 1 saturated carbocycles. The first-order chi connectivity index (χ1) is 8.63. The van der Waals surface area contributed by atoms with E-state index in [2.05, 4.69) is 50.4 Å². The van der Waals surface area contributed by atoms with E-state index < -0.39 is 0 Å². The smallest absolute Gasteiger partial charge is 0.119 e. The molecule has 2 rings (SSSR count). The fourth-order valence-electron chi connectivity index (χ4n) is 2.51. The molecule has 2 heteroatoms. The second-order valence-electron chi connectivity index (χ2n) is 5.65. The lowest BCUT2D eigenvalue weighted by Crippen LogP contribution is -2.49. The highest BCUT2D eigenvalue weighted by Crippen LogP contribution is 2.34. The molecule has 0 radical (unpaired) electrons. The van der Waals surface area contributed by atoms with E-state index in [1.165, 1.54) is 31.2 Å². The van der Waals surface area contributed by atoms with E-state index in [0.29, 0.717) is 5.54 Å². The molecule has 0 saturated heterocycles. The Morgan fingerprint density at radius 3 is 2.33 bits per heavy atom. The summed E-state index contributed by atoms with van der Waals surface area (Å²) in [6.07, 6.45) is 5.52. The molecule has 2 nitrogen and oxygen atoms in total. The van der Waals surface area contributed by atoms with Crippen molar-refractivity contribution < 1.29 is 4.74 Å². The monoisotopic (exact) mass is 247 g/mol. The Labute approximate surface area is 111 Å². The van der Waals surface area contributed by atoms with Crippen molar-refractivity contribution in [3.05, 3.63) is 29.8 Å². The van der Waals surface area contributed by atoms with Crippen molar-refractivity contribution in [1.29, 1.82) is 0 Å². The van der Waals surface area contributed by atoms with E-state index in [9.17, 15) is 0 Å². The van der Waals surface area contributed by atoms with Gasteiger partial charge in [-0.3, -0.25) is 0 Å². The molecular weight excluding hydrogens is 222 g/mol. The second-order valence-corrected chi connectivity index (χ2v) is 5.65. The van der Waals surface area contributed by atoms with Crippen LogP contribution in [0.4, 0.5) is 0 Å². The average Bonchev–Trinajstić information content (AvgIpc) is 2.30. The molecule has 1 aromatic rings. The van der Waals surface area contributed by atoms with Crippen LogP contribution in [0.15, 0.2) is 24.3 Å². The van der Waals surface area contributed by atoms with Crippen LogP contribution in [-0.4, -0.2) is 11.6 Å². The van der Waals surface area contributed by atoms with Gasteiger partial charge in [0.2, 0.25) is 0 Å². The Balaban J connectivity index is 1.86. The van der Waals surface area contributed by atoms with Crippen molar-refractivity contribution in [3.63, 3.8) is 0 Å². The molecule has 0 aliphatic heterocycles. The van der Waals surface area contributed by atoms with Gasteiger partial charge in [-0.05, 0) is 57.2 Å². The number of ether oxygens (including phenoxy) is 1. The van der Waals surface area contributed by atoms with Crippen LogP contribution in [0.25, 0.3) is 0 Å². The lowest BCUT2D eigenvalue weighted by Gasteiger charge is -2.42. The first kappa shape index (κ1) is 13.4. The third-order valence-corrected chi connectivity index (χ3v) is 3.95. The first-order valence-electron chi connectivity index (χ1n) is 7.14. The molecule has 0 aromatic heterocycles. The van der Waals surface area contributed by atoms with Crippen LogP contribution in [-0.2, 0) is 6.54 Å². The van der Waals surface area contributed by atoms with Crippen molar-refractivity contribution in [1.82, 2.24) is 5.32 Å². The zero-order chi connectivity index (χ0) is 13.0. The maximum Gasteiger partial charge on any atom is 0.119 e. The molecule has 1 fully saturated rings. The molecule has 1 aliphatic carbocycles. The number of rotatable bonds is 6. The summed E-state index contributed by atoms with van der Waals surface area (Å²) in [7, 11) is 0. The van der Waals surface area contributed by atoms with Crippen LogP contribution in [0.5, 0.6) is 5.75 Å². The lowest BCUT2D eigenvalue weighted by atomic mass is 9.75. The number of hydrogen-bond donors (Lipinski definition) is 1. The van der Waals surface area contributed by atoms with E-state index in [1.807, 2.05) is 0 Å². The van der Waals surface area contributed by atoms with Gasteiger partial charge < -0.3 is 10.1 Å². The van der Waals surface area contributed by atoms with Crippen LogP contribution in [0.3, 0.4) is 0 Å². The van der Waals surface area contributed by atoms with Crippen molar-refractivity contribution in [2.45, 2.75) is 64.6 Å². The summed E-state index contributed by atoms with van der Waals surface area (Å²) < 4.78 is 5.65. The molecule has 1 aromatic carbocycles. The minimum absolute atomic E-state index is 0.243. The molecule has 0 heterocycles. The molecule has 0 atom stereocenters. The van der Waals surface area contributed by atoms with Crippen molar-refractivity contribution in [2.24, 2.45) is 0 Å². The van der Waals surface area contributed by atoms with Crippen LogP contribution in [0.2, 0.25) is 0 Å². The molecule has 1 N–H and O–H groups in total. The van der Waals surface area contributed by atoms with E-state index in [4.69, 9.17) is 4.74 Å². The van der Waals surface area contributed by atoms with Gasteiger partial charge in [0.25, 0.3) is 0 Å². The Bertz CT molecular complexity index is 360. The fourth-order valence-corrected chi connectivity index (χ4v) is 2.51. The van der Waals surface area contributed by atoms with Crippen molar-refractivity contribution in [3.8, 4) is 5.75 Å². The highest BCUT2D eigenvalue weighted by atomic mass is 16.5. The summed E-state index contributed by atoms with van der Waals surface area (Å²) in [5, 5.41) is 3.72. The van der Waals surface area contributed by atoms with Crippen molar-refractivity contribution >= 4 is 0 Å². The SMILES string of the molecule is CCC1(NCc2ccc(OC(C)C)cc2)CCC1. The summed E-state index contributed by atoms with van der Waals surface area (Å²) in [6, 6.07) is 8.45.